The van der Waals surface area contributed by atoms with Crippen molar-refractivity contribution in [2.75, 3.05) is 33.8 Å². The van der Waals surface area contributed by atoms with E-state index in [-0.39, 0.29) is 11.9 Å². The third-order valence-electron chi connectivity index (χ3n) is 3.94. The van der Waals surface area contributed by atoms with E-state index >= 15 is 0 Å². The van der Waals surface area contributed by atoms with Crippen LogP contribution in [0.5, 0.6) is 0 Å². The SMILES string of the molecule is CON(C)C(=O)C1CCCN1C1CCNCC1. The number of carbonyl (C=O) groups is 1. The molecule has 0 spiro atoms. The van der Waals surface area contributed by atoms with Crippen LogP contribution in [0.4, 0.5) is 0 Å². The van der Waals surface area contributed by atoms with E-state index in [1.807, 2.05) is 0 Å². The molecule has 1 atom stereocenters. The molecule has 2 aliphatic heterocycles. The molecule has 0 aromatic carbocycles. The molecule has 0 aromatic rings. The third kappa shape index (κ3) is 2.78. The second kappa shape index (κ2) is 5.80. The summed E-state index contributed by atoms with van der Waals surface area (Å²) in [5.41, 5.74) is 0. The Labute approximate surface area is 103 Å². The Morgan fingerprint density at radius 3 is 2.71 bits per heavy atom. The van der Waals surface area contributed by atoms with Crippen LogP contribution in [0.3, 0.4) is 0 Å². The van der Waals surface area contributed by atoms with Crippen LogP contribution in [-0.2, 0) is 9.63 Å². The number of nitrogens with zero attached hydrogens (tertiary/aromatic N) is 2. The maximum atomic E-state index is 12.2. The normalized spacial score (nSPS) is 27.3. The molecule has 2 aliphatic rings. The molecule has 1 unspecified atom stereocenters. The Morgan fingerprint density at radius 2 is 2.06 bits per heavy atom. The maximum absolute atomic E-state index is 12.2. The lowest BCUT2D eigenvalue weighted by atomic mass is 10.0. The van der Waals surface area contributed by atoms with Gasteiger partial charge >= 0.3 is 0 Å². The quantitative estimate of drug-likeness (QED) is 0.718. The molecule has 5 nitrogen and oxygen atoms in total. The largest absolute Gasteiger partial charge is 0.317 e. The van der Waals surface area contributed by atoms with Crippen molar-refractivity contribution >= 4 is 5.91 Å². The van der Waals surface area contributed by atoms with Crippen molar-refractivity contribution in [1.82, 2.24) is 15.3 Å². The molecule has 0 saturated carbocycles. The zero-order valence-corrected chi connectivity index (χ0v) is 10.8. The maximum Gasteiger partial charge on any atom is 0.263 e. The minimum absolute atomic E-state index is 0.0306. The highest BCUT2D eigenvalue weighted by Crippen LogP contribution is 2.25. The fraction of sp³-hybridized carbons (Fsp3) is 0.917. The molecule has 2 saturated heterocycles. The first-order valence-corrected chi connectivity index (χ1v) is 6.52. The molecule has 98 valence electrons. The van der Waals surface area contributed by atoms with E-state index in [9.17, 15) is 4.79 Å². The number of hydrogen-bond donors (Lipinski definition) is 1. The minimum Gasteiger partial charge on any atom is -0.317 e. The highest BCUT2D eigenvalue weighted by Gasteiger charge is 2.37. The number of rotatable bonds is 3. The van der Waals surface area contributed by atoms with Crippen LogP contribution < -0.4 is 5.32 Å². The van der Waals surface area contributed by atoms with Crippen LogP contribution in [0.25, 0.3) is 0 Å². The predicted octanol–water partition coefficient (Wildman–Crippen LogP) is 0.223. The standard InChI is InChI=1S/C12H23N3O2/c1-14(17-2)12(16)11-4-3-9-15(11)10-5-7-13-8-6-10/h10-11,13H,3-9H2,1-2H3. The summed E-state index contributed by atoms with van der Waals surface area (Å²) < 4.78 is 0. The average molecular weight is 241 g/mol. The van der Waals surface area contributed by atoms with Crippen LogP contribution in [0, 0.1) is 0 Å². The Bertz CT molecular complexity index is 266. The zero-order valence-electron chi connectivity index (χ0n) is 10.8. The van der Waals surface area contributed by atoms with E-state index in [0.29, 0.717) is 6.04 Å². The van der Waals surface area contributed by atoms with Crippen LogP contribution in [-0.4, -0.2) is 61.7 Å². The van der Waals surface area contributed by atoms with Gasteiger partial charge in [0, 0.05) is 13.1 Å². The van der Waals surface area contributed by atoms with Gasteiger partial charge in [-0.1, -0.05) is 0 Å². The van der Waals surface area contributed by atoms with Crippen molar-refractivity contribution in [1.29, 1.82) is 0 Å². The number of nitrogens with one attached hydrogen (secondary N) is 1. The van der Waals surface area contributed by atoms with E-state index in [0.717, 1.165) is 45.3 Å². The lowest BCUT2D eigenvalue weighted by molar-refractivity contribution is -0.174. The van der Waals surface area contributed by atoms with E-state index in [1.165, 1.54) is 5.06 Å². The summed E-state index contributed by atoms with van der Waals surface area (Å²) in [7, 11) is 3.24. The summed E-state index contributed by atoms with van der Waals surface area (Å²) in [4.78, 5) is 19.6. The lowest BCUT2D eigenvalue weighted by Gasteiger charge is -2.36. The van der Waals surface area contributed by atoms with Crippen LogP contribution >= 0.6 is 0 Å². The molecular weight excluding hydrogens is 218 g/mol. The number of likely N-dealkylation sites (N-methyl/N-ethyl adjacent to an activating group) is 1. The molecule has 1 N–H and O–H groups in total. The smallest absolute Gasteiger partial charge is 0.263 e. The number of amides is 1. The summed E-state index contributed by atoms with van der Waals surface area (Å²) in [6.07, 6.45) is 4.40. The third-order valence-corrected chi connectivity index (χ3v) is 3.94. The van der Waals surface area contributed by atoms with Crippen molar-refractivity contribution < 1.29 is 9.63 Å². The number of likely N-dealkylation sites (tertiary alicyclic amines) is 1. The van der Waals surface area contributed by atoms with Gasteiger partial charge in [0.15, 0.2) is 0 Å². The Balaban J connectivity index is 1.98. The number of hydroxylamine groups is 2. The van der Waals surface area contributed by atoms with E-state index in [1.54, 1.807) is 14.2 Å². The van der Waals surface area contributed by atoms with Gasteiger partial charge in [-0.05, 0) is 45.3 Å². The second-order valence-corrected chi connectivity index (χ2v) is 4.90. The van der Waals surface area contributed by atoms with Crippen LogP contribution in [0.2, 0.25) is 0 Å². The molecule has 0 bridgehead atoms. The van der Waals surface area contributed by atoms with Crippen molar-refractivity contribution in [2.45, 2.75) is 37.8 Å². The van der Waals surface area contributed by atoms with Crippen LogP contribution in [0.15, 0.2) is 0 Å². The van der Waals surface area contributed by atoms with E-state index in [2.05, 4.69) is 10.2 Å². The van der Waals surface area contributed by atoms with Gasteiger partial charge in [0.25, 0.3) is 5.91 Å². The molecule has 2 rings (SSSR count). The zero-order chi connectivity index (χ0) is 12.3. The molecule has 0 aliphatic carbocycles. The van der Waals surface area contributed by atoms with E-state index < -0.39 is 0 Å². The summed E-state index contributed by atoms with van der Waals surface area (Å²) in [6, 6.07) is 0.598. The molecule has 5 heteroatoms. The molecule has 17 heavy (non-hydrogen) atoms. The van der Waals surface area contributed by atoms with Crippen molar-refractivity contribution in [3.8, 4) is 0 Å². The molecule has 2 fully saturated rings. The van der Waals surface area contributed by atoms with Gasteiger partial charge in [0.1, 0.15) is 0 Å². The predicted molar refractivity (Wildman–Crippen MR) is 65.4 cm³/mol. The molecule has 0 aromatic heterocycles. The first-order chi connectivity index (χ1) is 8.24. The van der Waals surface area contributed by atoms with Gasteiger partial charge in [-0.3, -0.25) is 14.5 Å². The van der Waals surface area contributed by atoms with Crippen LogP contribution in [0.1, 0.15) is 25.7 Å². The second-order valence-electron chi connectivity index (χ2n) is 4.90. The summed E-state index contributed by atoms with van der Waals surface area (Å²) in [5, 5.41) is 4.73. The van der Waals surface area contributed by atoms with Gasteiger partial charge in [0.05, 0.1) is 13.2 Å². The van der Waals surface area contributed by atoms with Crippen molar-refractivity contribution in [3.05, 3.63) is 0 Å². The lowest BCUT2D eigenvalue weighted by Crippen LogP contribution is -2.50. The Morgan fingerprint density at radius 1 is 1.35 bits per heavy atom. The first kappa shape index (κ1) is 12.8. The van der Waals surface area contributed by atoms with Gasteiger partial charge in [-0.25, -0.2) is 5.06 Å². The van der Waals surface area contributed by atoms with E-state index in [4.69, 9.17) is 4.84 Å². The fourth-order valence-electron chi connectivity index (χ4n) is 2.93. The number of carbonyl (C=O) groups excluding carboxylic acids is 1. The minimum atomic E-state index is 0.0306. The monoisotopic (exact) mass is 241 g/mol. The summed E-state index contributed by atoms with van der Waals surface area (Å²) in [5.74, 6) is 0.100. The topological polar surface area (TPSA) is 44.8 Å². The number of piperidine rings is 1. The number of hydrogen-bond acceptors (Lipinski definition) is 4. The molecule has 1 amide bonds. The van der Waals surface area contributed by atoms with Crippen molar-refractivity contribution in [2.24, 2.45) is 0 Å². The first-order valence-electron chi connectivity index (χ1n) is 6.52. The molecule has 0 radical (unpaired) electrons. The fourth-order valence-corrected chi connectivity index (χ4v) is 2.93. The van der Waals surface area contributed by atoms with Crippen molar-refractivity contribution in [3.63, 3.8) is 0 Å². The summed E-state index contributed by atoms with van der Waals surface area (Å²) >= 11 is 0. The Kier molecular flexibility index (Phi) is 4.36. The molecule has 2 heterocycles. The van der Waals surface area contributed by atoms with Gasteiger partial charge in [0.2, 0.25) is 0 Å². The highest BCUT2D eigenvalue weighted by atomic mass is 16.7. The van der Waals surface area contributed by atoms with Gasteiger partial charge in [-0.2, -0.15) is 0 Å². The average Bonchev–Trinajstić information content (AvgIpc) is 2.87. The molecular formula is C12H23N3O2. The Hall–Kier alpha value is -0.650. The summed E-state index contributed by atoms with van der Waals surface area (Å²) in [6.45, 7) is 3.20. The highest BCUT2D eigenvalue weighted by molar-refractivity contribution is 5.81. The van der Waals surface area contributed by atoms with Gasteiger partial charge in [-0.15, -0.1) is 0 Å². The van der Waals surface area contributed by atoms with Gasteiger partial charge < -0.3 is 5.32 Å².